The highest BCUT2D eigenvalue weighted by atomic mass is 35.5. The van der Waals surface area contributed by atoms with Gasteiger partial charge in [-0.2, -0.15) is 0 Å². The van der Waals surface area contributed by atoms with Crippen molar-refractivity contribution in [3.63, 3.8) is 0 Å². The molecule has 4 atom stereocenters. The fraction of sp³-hybridized carbons (Fsp3) is 0.476. The summed E-state index contributed by atoms with van der Waals surface area (Å²) in [7, 11) is 0. The summed E-state index contributed by atoms with van der Waals surface area (Å²) in [5, 5.41) is 23.2. The van der Waals surface area contributed by atoms with Crippen LogP contribution in [-0.2, 0) is 0 Å². The molecule has 0 radical (unpaired) electrons. The number of alkyl halides is 2. The lowest BCUT2D eigenvalue weighted by Crippen LogP contribution is -2.43. The van der Waals surface area contributed by atoms with Crippen LogP contribution in [0.15, 0.2) is 54.1 Å². The van der Waals surface area contributed by atoms with E-state index in [4.69, 9.17) is 46.1 Å². The number of halogens is 4. The van der Waals surface area contributed by atoms with Crippen molar-refractivity contribution in [1.82, 2.24) is 29.7 Å². The maximum absolute atomic E-state index is 15.4. The van der Waals surface area contributed by atoms with Crippen molar-refractivity contribution in [2.75, 3.05) is 49.1 Å². The lowest BCUT2D eigenvalue weighted by molar-refractivity contribution is 0.0684. The topological polar surface area (TPSA) is 328 Å². The number of hydrogen-bond donors (Lipinski definition) is 8. The van der Waals surface area contributed by atoms with Gasteiger partial charge in [0, 0.05) is 63.7 Å². The average molecular weight is 984 g/mol. The molecular weight excluding hydrogens is 933 g/mol. The molecule has 4 aromatic heterocycles. The number of carboxylic acids is 2. The van der Waals surface area contributed by atoms with E-state index in [0.717, 1.165) is 63.5 Å². The number of pyridine rings is 4. The third-order valence-electron chi connectivity index (χ3n) is 12.0. The van der Waals surface area contributed by atoms with Crippen LogP contribution in [0, 0.1) is 11.6 Å². The van der Waals surface area contributed by atoms with Crippen LogP contribution in [0.4, 0.5) is 20.4 Å². The number of guanidine groups is 4. The van der Waals surface area contributed by atoms with Crippen LogP contribution < -0.4 is 54.2 Å². The molecule has 2 saturated carbocycles. The van der Waals surface area contributed by atoms with Gasteiger partial charge in [0.05, 0.1) is 33.6 Å². The van der Waals surface area contributed by atoms with Crippen LogP contribution in [0.25, 0.3) is 22.1 Å². The van der Waals surface area contributed by atoms with Gasteiger partial charge in [0.15, 0.2) is 47.1 Å². The molecular formula is C42H50Cl2F2N16O6. The number of aromatic carboxylic acids is 2. The van der Waals surface area contributed by atoms with E-state index in [2.05, 4.69) is 40.6 Å². The van der Waals surface area contributed by atoms with E-state index in [1.54, 1.807) is 18.9 Å². The Hall–Kier alpha value is -6.82. The van der Waals surface area contributed by atoms with Crippen LogP contribution in [0.1, 0.15) is 84.2 Å². The zero-order valence-corrected chi connectivity index (χ0v) is 38.0. The number of hydrogen-bond acceptors (Lipinski definition) is 12. The highest BCUT2D eigenvalue weighted by Crippen LogP contribution is 2.39. The minimum absolute atomic E-state index is 0.0298. The molecule has 26 heteroatoms. The molecule has 4 aliphatic rings. The first kappa shape index (κ1) is 47.7. The summed E-state index contributed by atoms with van der Waals surface area (Å²) in [6, 6.07) is 0.856. The Morgan fingerprint density at radius 2 is 1.03 bits per heavy atom. The Bertz CT molecular complexity index is 2710. The van der Waals surface area contributed by atoms with Crippen LogP contribution in [0.5, 0.6) is 0 Å². The van der Waals surface area contributed by atoms with E-state index in [1.165, 1.54) is 12.4 Å². The van der Waals surface area contributed by atoms with Gasteiger partial charge in [-0.25, -0.2) is 38.3 Å². The third-order valence-corrected chi connectivity index (χ3v) is 12.9. The maximum atomic E-state index is 15.4. The number of nitrogens with zero attached hydrogens (tertiary/aromatic N) is 10. The Kier molecular flexibility index (Phi) is 13.9. The van der Waals surface area contributed by atoms with Gasteiger partial charge >= 0.3 is 11.9 Å². The molecule has 8 rings (SSSR count). The number of carboxylic acid groups (broad SMARTS) is 2. The molecule has 68 heavy (non-hydrogen) atoms. The largest absolute Gasteiger partial charge is 0.477 e. The molecule has 362 valence electrons. The Morgan fingerprint density at radius 1 is 0.647 bits per heavy atom. The molecule has 2 aliphatic heterocycles. The first-order chi connectivity index (χ1) is 32.5. The predicted molar refractivity (Wildman–Crippen MR) is 255 cm³/mol. The third kappa shape index (κ3) is 10.5. The van der Waals surface area contributed by atoms with E-state index < -0.39 is 68.4 Å². The molecule has 12 N–H and O–H groups in total. The second kappa shape index (κ2) is 19.8. The van der Waals surface area contributed by atoms with Crippen molar-refractivity contribution in [1.29, 1.82) is 0 Å². The van der Waals surface area contributed by atoms with Gasteiger partial charge in [0.1, 0.15) is 22.4 Å². The maximum Gasteiger partial charge on any atom is 0.341 e. The Morgan fingerprint density at radius 3 is 1.38 bits per heavy atom. The number of nitrogens with two attached hydrogens (primary N) is 4. The summed E-state index contributed by atoms with van der Waals surface area (Å²) in [5.41, 5.74) is 22.2. The minimum Gasteiger partial charge on any atom is -0.477 e. The number of aliphatic imine (C=N–C) groups is 4. The van der Waals surface area contributed by atoms with Crippen molar-refractivity contribution < 1.29 is 28.6 Å². The van der Waals surface area contributed by atoms with Gasteiger partial charge in [-0.3, -0.25) is 30.2 Å². The van der Waals surface area contributed by atoms with Gasteiger partial charge in [0.2, 0.25) is 10.9 Å². The molecule has 0 amide bonds. The number of aromatic nitrogens is 4. The van der Waals surface area contributed by atoms with Crippen LogP contribution in [0.2, 0.25) is 0 Å². The number of carbonyl (C=O) groups is 2. The van der Waals surface area contributed by atoms with Crippen LogP contribution in [0.3, 0.4) is 0 Å². The van der Waals surface area contributed by atoms with Gasteiger partial charge in [0.25, 0.3) is 0 Å². The van der Waals surface area contributed by atoms with Crippen LogP contribution >= 0.6 is 23.2 Å². The van der Waals surface area contributed by atoms with E-state index >= 15 is 8.78 Å². The average Bonchev–Trinajstić information content (AvgIpc) is 4.22. The van der Waals surface area contributed by atoms with Crippen molar-refractivity contribution in [2.45, 2.75) is 86.3 Å². The SMILES string of the molecule is NC(=NCCCCCCN=C(N)NC(N)=NC1CN(c2nc3c(cc2F)c(=O)c(C(=O)O)cn3C2CC2)CC1Cl)NC(N)=NC1CN(c2nc3c(cc2F)c(=O)c(C(=O)O)cn3C2CC2)CC1Cl. The summed E-state index contributed by atoms with van der Waals surface area (Å²) >= 11 is 13.2. The van der Waals surface area contributed by atoms with Crippen molar-refractivity contribution in [3.05, 3.63) is 67.7 Å². The molecule has 2 aliphatic carbocycles. The Labute approximate surface area is 395 Å². The van der Waals surface area contributed by atoms with Gasteiger partial charge < -0.3 is 52.1 Å². The number of unbranched alkanes of at least 4 members (excludes halogenated alkanes) is 3. The summed E-state index contributed by atoms with van der Waals surface area (Å²) in [6.45, 7) is 1.50. The molecule has 0 spiro atoms. The van der Waals surface area contributed by atoms with Gasteiger partial charge in [-0.1, -0.05) is 12.8 Å². The quantitative estimate of drug-likeness (QED) is 0.0364. The number of rotatable bonds is 15. The molecule has 22 nitrogen and oxygen atoms in total. The number of nitrogens with one attached hydrogen (secondary N) is 2. The molecule has 0 bridgehead atoms. The normalized spacial score (nSPS) is 21.6. The van der Waals surface area contributed by atoms with Crippen LogP contribution in [-0.4, -0.2) is 127 Å². The summed E-state index contributed by atoms with van der Waals surface area (Å²) in [4.78, 5) is 78.7. The molecule has 4 unspecified atom stereocenters. The second-order valence-electron chi connectivity index (χ2n) is 17.2. The van der Waals surface area contributed by atoms with Crippen molar-refractivity contribution in [2.24, 2.45) is 42.9 Å². The lowest BCUT2D eigenvalue weighted by atomic mass is 10.2. The predicted octanol–water partition coefficient (Wildman–Crippen LogP) is 1.74. The minimum atomic E-state index is -1.39. The molecule has 2 saturated heterocycles. The fourth-order valence-electron chi connectivity index (χ4n) is 8.31. The van der Waals surface area contributed by atoms with E-state index in [9.17, 15) is 29.4 Å². The standard InChI is InChI=1S/C42H50Cl2F2N16O6/c43-25-15-59(35-27(45)11-21-31(63)23(37(65)66)13-61(19-5-6-19)33(21)55-35)17-29(25)53-41(49)57-39(47)51-9-3-1-2-4-10-52-40(48)58-42(50)54-30-18-60(16-26(30)44)36-28(46)12-22-32(64)24(38(67)68)14-62(20-7-8-20)34(22)56-36/h11-14,19-20,25-26,29-30H,1-10,15-18H2,(H,65,66)(H,67,68)(H5,47,49,51,53,57)(H5,48,50,52,54,58). The summed E-state index contributed by atoms with van der Waals surface area (Å²) < 4.78 is 34.1. The number of anilines is 2. The first-order valence-corrected chi connectivity index (χ1v) is 22.9. The highest BCUT2D eigenvalue weighted by Gasteiger charge is 2.37. The smallest absolute Gasteiger partial charge is 0.341 e. The second-order valence-corrected chi connectivity index (χ2v) is 18.3. The zero-order chi connectivity index (χ0) is 48.6. The van der Waals surface area contributed by atoms with E-state index in [1.807, 2.05) is 0 Å². The van der Waals surface area contributed by atoms with E-state index in [-0.39, 0.29) is 95.8 Å². The monoisotopic (exact) mass is 982 g/mol. The zero-order valence-electron chi connectivity index (χ0n) is 36.5. The molecule has 4 aromatic rings. The van der Waals surface area contributed by atoms with Crippen molar-refractivity contribution >= 4 is 92.7 Å². The van der Waals surface area contributed by atoms with Crippen molar-refractivity contribution in [3.8, 4) is 0 Å². The summed E-state index contributed by atoms with van der Waals surface area (Å²) in [6.07, 6.45) is 8.75. The summed E-state index contributed by atoms with van der Waals surface area (Å²) in [5.74, 6) is -4.38. The first-order valence-electron chi connectivity index (χ1n) is 22.0. The lowest BCUT2D eigenvalue weighted by Gasteiger charge is -2.19. The molecule has 0 aromatic carbocycles. The van der Waals surface area contributed by atoms with E-state index in [0.29, 0.717) is 13.1 Å². The Balaban J connectivity index is 0.761. The molecule has 6 heterocycles. The molecule has 4 fully saturated rings. The van der Waals surface area contributed by atoms with Gasteiger partial charge in [-0.05, 0) is 50.7 Å². The highest BCUT2D eigenvalue weighted by molar-refractivity contribution is 6.22. The fourth-order valence-corrected chi connectivity index (χ4v) is 8.91. The number of fused-ring (bicyclic) bond motifs is 2. The van der Waals surface area contributed by atoms with Gasteiger partial charge in [-0.15, -0.1) is 23.2 Å².